The van der Waals surface area contributed by atoms with Crippen LogP contribution < -0.4 is 5.32 Å². The number of nitrogens with zero attached hydrogens (tertiary/aromatic N) is 1. The summed E-state index contributed by atoms with van der Waals surface area (Å²) >= 11 is 0. The molecule has 2 rings (SSSR count). The van der Waals surface area contributed by atoms with Crippen molar-refractivity contribution in [3.8, 4) is 11.3 Å². The Morgan fingerprint density at radius 3 is 2.70 bits per heavy atom. The fourth-order valence-corrected chi connectivity index (χ4v) is 1.83. The van der Waals surface area contributed by atoms with Crippen LogP contribution in [0.4, 0.5) is 4.39 Å². The number of benzene rings is 1. The van der Waals surface area contributed by atoms with Crippen LogP contribution in [0.1, 0.15) is 11.3 Å². The van der Waals surface area contributed by atoms with Crippen LogP contribution >= 0.6 is 0 Å². The highest BCUT2D eigenvalue weighted by Crippen LogP contribution is 2.25. The lowest BCUT2D eigenvalue weighted by Crippen LogP contribution is -2.07. The van der Waals surface area contributed by atoms with E-state index in [0.717, 1.165) is 16.8 Å². The zero-order valence-electron chi connectivity index (χ0n) is 11.0. The Bertz CT molecular complexity index is 656. The lowest BCUT2D eigenvalue weighted by Gasteiger charge is -2.02. The van der Waals surface area contributed by atoms with Crippen molar-refractivity contribution in [2.24, 2.45) is 0 Å². The Balaban J connectivity index is 2.49. The fourth-order valence-electron chi connectivity index (χ4n) is 1.83. The van der Waals surface area contributed by atoms with Crippen LogP contribution in [0.2, 0.25) is 0 Å². The number of carbonyl (C=O) groups is 1. The molecule has 0 aliphatic heterocycles. The third kappa shape index (κ3) is 2.83. The summed E-state index contributed by atoms with van der Waals surface area (Å²) in [6.07, 6.45) is 3.88. The van der Waals surface area contributed by atoms with Crippen molar-refractivity contribution in [3.63, 3.8) is 0 Å². The average molecular weight is 271 g/mol. The average Bonchev–Trinajstić information content (AvgIpc) is 2.81. The van der Waals surface area contributed by atoms with Crippen molar-refractivity contribution in [2.75, 3.05) is 0 Å². The molecule has 1 heterocycles. The van der Waals surface area contributed by atoms with Crippen LogP contribution in [-0.4, -0.2) is 16.6 Å². The molecule has 1 aromatic carbocycles. The van der Waals surface area contributed by atoms with Gasteiger partial charge in [-0.25, -0.2) is 4.39 Å². The van der Waals surface area contributed by atoms with Gasteiger partial charge in [0, 0.05) is 22.5 Å². The van der Waals surface area contributed by atoms with Crippen LogP contribution in [0.15, 0.2) is 42.6 Å². The number of rotatable bonds is 5. The Hall–Kier alpha value is -2.69. The number of aryl methyl sites for hydroxylation is 1. The molecule has 5 heteroatoms. The Morgan fingerprint density at radius 1 is 1.40 bits per heavy atom. The topological polar surface area (TPSA) is 57.8 Å². The number of H-pyrrole nitrogens is 1. The van der Waals surface area contributed by atoms with E-state index in [1.54, 1.807) is 18.2 Å². The highest BCUT2D eigenvalue weighted by Gasteiger charge is 2.11. The van der Waals surface area contributed by atoms with Crippen molar-refractivity contribution in [1.82, 2.24) is 15.5 Å². The van der Waals surface area contributed by atoms with E-state index in [4.69, 9.17) is 0 Å². The van der Waals surface area contributed by atoms with Gasteiger partial charge in [-0.1, -0.05) is 6.58 Å². The van der Waals surface area contributed by atoms with Crippen LogP contribution in [-0.2, 0) is 4.79 Å². The molecule has 20 heavy (non-hydrogen) atoms. The van der Waals surface area contributed by atoms with Crippen LogP contribution in [0.3, 0.4) is 0 Å². The van der Waals surface area contributed by atoms with E-state index in [2.05, 4.69) is 22.1 Å². The SMILES string of the molecule is C=C/C(=C\c1c(-c2ccc(F)cc2)n[nH]c1C)NC=O. The van der Waals surface area contributed by atoms with Crippen molar-refractivity contribution in [2.45, 2.75) is 6.92 Å². The smallest absolute Gasteiger partial charge is 0.211 e. The standard InChI is InChI=1S/C15H14FN3O/c1-3-13(17-9-20)8-14-10(2)18-19-15(14)11-4-6-12(16)7-5-11/h3-9H,1H2,2H3,(H,17,20)(H,18,19)/b13-8+. The molecule has 102 valence electrons. The first-order valence-corrected chi connectivity index (χ1v) is 6.01. The predicted octanol–water partition coefficient (Wildman–Crippen LogP) is 2.80. The number of hydrogen-bond acceptors (Lipinski definition) is 2. The summed E-state index contributed by atoms with van der Waals surface area (Å²) in [6, 6.07) is 6.07. The normalized spacial score (nSPS) is 11.2. The molecule has 0 fully saturated rings. The van der Waals surface area contributed by atoms with Gasteiger partial charge >= 0.3 is 0 Å². The van der Waals surface area contributed by atoms with Crippen LogP contribution in [0.25, 0.3) is 17.3 Å². The lowest BCUT2D eigenvalue weighted by atomic mass is 10.0. The van der Waals surface area contributed by atoms with Gasteiger partial charge in [0.2, 0.25) is 6.41 Å². The number of amides is 1. The minimum absolute atomic E-state index is 0.299. The van der Waals surface area contributed by atoms with Crippen molar-refractivity contribution >= 4 is 12.5 Å². The molecule has 0 bridgehead atoms. The van der Waals surface area contributed by atoms with Crippen molar-refractivity contribution in [1.29, 1.82) is 0 Å². The molecule has 2 N–H and O–H groups in total. The second-order valence-corrected chi connectivity index (χ2v) is 4.18. The van der Waals surface area contributed by atoms with Gasteiger partial charge in [0.05, 0.1) is 5.69 Å². The maximum atomic E-state index is 13.0. The number of allylic oxidation sites excluding steroid dienone is 1. The molecule has 2 aromatic rings. The third-order valence-corrected chi connectivity index (χ3v) is 2.86. The number of nitrogens with one attached hydrogen (secondary N) is 2. The predicted molar refractivity (Wildman–Crippen MR) is 76.1 cm³/mol. The fraction of sp³-hybridized carbons (Fsp3) is 0.0667. The van der Waals surface area contributed by atoms with Gasteiger partial charge in [0.15, 0.2) is 0 Å². The van der Waals surface area contributed by atoms with Gasteiger partial charge in [-0.15, -0.1) is 0 Å². The first-order chi connectivity index (χ1) is 9.65. The number of carbonyl (C=O) groups excluding carboxylic acids is 1. The molecule has 0 spiro atoms. The summed E-state index contributed by atoms with van der Waals surface area (Å²) in [5.41, 5.74) is 3.70. The molecular weight excluding hydrogens is 257 g/mol. The van der Waals surface area contributed by atoms with E-state index >= 15 is 0 Å². The first kappa shape index (κ1) is 13.7. The lowest BCUT2D eigenvalue weighted by molar-refractivity contribution is -0.108. The Morgan fingerprint density at radius 2 is 2.10 bits per heavy atom. The molecular formula is C15H14FN3O. The summed E-state index contributed by atoms with van der Waals surface area (Å²) in [7, 11) is 0. The van der Waals surface area contributed by atoms with Crippen molar-refractivity contribution < 1.29 is 9.18 Å². The second-order valence-electron chi connectivity index (χ2n) is 4.18. The molecule has 1 aromatic heterocycles. The Kier molecular flexibility index (Phi) is 4.10. The van der Waals surface area contributed by atoms with E-state index in [0.29, 0.717) is 17.8 Å². The third-order valence-electron chi connectivity index (χ3n) is 2.86. The summed E-state index contributed by atoms with van der Waals surface area (Å²) in [6.45, 7) is 5.50. The summed E-state index contributed by atoms with van der Waals surface area (Å²) in [5, 5.41) is 9.65. The molecule has 0 aliphatic carbocycles. The number of halogens is 1. The zero-order chi connectivity index (χ0) is 14.5. The van der Waals surface area contributed by atoms with E-state index in [1.165, 1.54) is 18.2 Å². The van der Waals surface area contributed by atoms with Gasteiger partial charge in [-0.2, -0.15) is 5.10 Å². The molecule has 0 unspecified atom stereocenters. The minimum atomic E-state index is -0.299. The van der Waals surface area contributed by atoms with E-state index in [1.807, 2.05) is 6.92 Å². The van der Waals surface area contributed by atoms with Gasteiger partial charge in [0.1, 0.15) is 5.82 Å². The first-order valence-electron chi connectivity index (χ1n) is 6.01. The molecule has 4 nitrogen and oxygen atoms in total. The Labute approximate surface area is 116 Å². The molecule has 0 aliphatic rings. The maximum Gasteiger partial charge on any atom is 0.211 e. The van der Waals surface area contributed by atoms with Crippen LogP contribution in [0.5, 0.6) is 0 Å². The maximum absolute atomic E-state index is 13.0. The minimum Gasteiger partial charge on any atom is -0.329 e. The molecule has 0 atom stereocenters. The molecule has 0 saturated heterocycles. The number of aromatic amines is 1. The number of hydrogen-bond donors (Lipinski definition) is 2. The monoisotopic (exact) mass is 271 g/mol. The van der Waals surface area contributed by atoms with E-state index in [9.17, 15) is 9.18 Å². The van der Waals surface area contributed by atoms with Gasteiger partial charge in [-0.3, -0.25) is 9.89 Å². The van der Waals surface area contributed by atoms with Crippen molar-refractivity contribution in [3.05, 3.63) is 59.7 Å². The molecule has 1 amide bonds. The molecule has 0 saturated carbocycles. The zero-order valence-corrected chi connectivity index (χ0v) is 11.0. The second kappa shape index (κ2) is 5.97. The summed E-state index contributed by atoms with van der Waals surface area (Å²) in [4.78, 5) is 10.5. The summed E-state index contributed by atoms with van der Waals surface area (Å²) in [5.74, 6) is -0.299. The highest BCUT2D eigenvalue weighted by atomic mass is 19.1. The van der Waals surface area contributed by atoms with E-state index < -0.39 is 0 Å². The highest BCUT2D eigenvalue weighted by molar-refractivity contribution is 5.75. The number of aromatic nitrogens is 2. The van der Waals surface area contributed by atoms with Crippen LogP contribution in [0, 0.1) is 12.7 Å². The molecule has 0 radical (unpaired) electrons. The largest absolute Gasteiger partial charge is 0.329 e. The summed E-state index contributed by atoms with van der Waals surface area (Å²) < 4.78 is 13.0. The quantitative estimate of drug-likeness (QED) is 0.649. The van der Waals surface area contributed by atoms with Gasteiger partial charge < -0.3 is 5.32 Å². The van der Waals surface area contributed by atoms with Gasteiger partial charge in [0.25, 0.3) is 0 Å². The van der Waals surface area contributed by atoms with E-state index in [-0.39, 0.29) is 5.82 Å². The van der Waals surface area contributed by atoms with Gasteiger partial charge in [-0.05, 0) is 43.3 Å².